The maximum Gasteiger partial charge on any atom is 0.265 e. The third-order valence-corrected chi connectivity index (χ3v) is 6.43. The first kappa shape index (κ1) is 23.2. The van der Waals surface area contributed by atoms with Crippen LogP contribution < -0.4 is 10.1 Å². The summed E-state index contributed by atoms with van der Waals surface area (Å²) >= 11 is 1.89. The standard InChI is InChI=1S/C25H32N2O3S/c1-17(2)23-10-9-22(15-18(23)3)30-19(4)25(29)26-21-7-5-20(6-8-21)16-24(28)27-11-13-31-14-12-27/h5-10,15,17,19H,11-14,16H2,1-4H3,(H,26,29). The highest BCUT2D eigenvalue weighted by atomic mass is 32.2. The van der Waals surface area contributed by atoms with E-state index in [0.717, 1.165) is 35.7 Å². The summed E-state index contributed by atoms with van der Waals surface area (Å²) in [6.07, 6.45) is -0.230. The molecule has 0 bridgehead atoms. The summed E-state index contributed by atoms with van der Waals surface area (Å²) in [6, 6.07) is 13.4. The van der Waals surface area contributed by atoms with Crippen molar-refractivity contribution in [2.24, 2.45) is 0 Å². The molecule has 5 nitrogen and oxygen atoms in total. The van der Waals surface area contributed by atoms with Gasteiger partial charge in [-0.1, -0.05) is 32.0 Å². The van der Waals surface area contributed by atoms with Crippen LogP contribution in [0.2, 0.25) is 0 Å². The summed E-state index contributed by atoms with van der Waals surface area (Å²) in [7, 11) is 0. The molecule has 0 aliphatic carbocycles. The van der Waals surface area contributed by atoms with Crippen LogP contribution in [0.15, 0.2) is 42.5 Å². The first-order valence-electron chi connectivity index (χ1n) is 10.9. The molecule has 1 fully saturated rings. The van der Waals surface area contributed by atoms with Crippen LogP contribution >= 0.6 is 11.8 Å². The SMILES string of the molecule is Cc1cc(OC(C)C(=O)Nc2ccc(CC(=O)N3CCSCC3)cc2)ccc1C(C)C. The van der Waals surface area contributed by atoms with Crippen LogP contribution in [0.1, 0.15) is 43.4 Å². The lowest BCUT2D eigenvalue weighted by Crippen LogP contribution is -2.38. The molecule has 0 radical (unpaired) electrons. The number of nitrogens with zero attached hydrogens (tertiary/aromatic N) is 1. The molecule has 31 heavy (non-hydrogen) atoms. The zero-order valence-corrected chi connectivity index (χ0v) is 19.6. The molecule has 0 aromatic heterocycles. The number of thioether (sulfide) groups is 1. The number of anilines is 1. The molecule has 2 amide bonds. The topological polar surface area (TPSA) is 58.6 Å². The molecule has 166 valence electrons. The third-order valence-electron chi connectivity index (χ3n) is 5.49. The van der Waals surface area contributed by atoms with Gasteiger partial charge in [0, 0.05) is 30.3 Å². The molecular weight excluding hydrogens is 408 g/mol. The minimum atomic E-state index is -0.623. The number of carbonyl (C=O) groups excluding carboxylic acids is 2. The predicted molar refractivity (Wildman–Crippen MR) is 128 cm³/mol. The van der Waals surface area contributed by atoms with E-state index in [2.05, 4.69) is 32.2 Å². The van der Waals surface area contributed by atoms with Crippen LogP contribution in [0.5, 0.6) is 5.75 Å². The Balaban J connectivity index is 1.52. The summed E-state index contributed by atoms with van der Waals surface area (Å²) in [5.74, 6) is 3.12. The molecule has 2 aromatic carbocycles. The van der Waals surface area contributed by atoms with E-state index in [1.54, 1.807) is 6.92 Å². The van der Waals surface area contributed by atoms with E-state index < -0.39 is 6.10 Å². The zero-order valence-electron chi connectivity index (χ0n) is 18.8. The Labute approximate surface area is 189 Å². The maximum atomic E-state index is 12.5. The van der Waals surface area contributed by atoms with Gasteiger partial charge in [0.15, 0.2) is 6.10 Å². The first-order valence-corrected chi connectivity index (χ1v) is 12.0. The van der Waals surface area contributed by atoms with E-state index in [0.29, 0.717) is 23.8 Å². The van der Waals surface area contributed by atoms with Gasteiger partial charge >= 0.3 is 0 Å². The van der Waals surface area contributed by atoms with Gasteiger partial charge in [-0.05, 0) is 60.7 Å². The smallest absolute Gasteiger partial charge is 0.265 e. The fourth-order valence-corrected chi connectivity index (χ4v) is 4.58. The molecule has 0 saturated carbocycles. The number of rotatable bonds is 7. The van der Waals surface area contributed by atoms with Gasteiger partial charge < -0.3 is 15.0 Å². The van der Waals surface area contributed by atoms with Crippen LogP contribution in [0.25, 0.3) is 0 Å². The van der Waals surface area contributed by atoms with Crippen molar-refractivity contribution >= 4 is 29.3 Å². The highest BCUT2D eigenvalue weighted by molar-refractivity contribution is 7.99. The van der Waals surface area contributed by atoms with Crippen LogP contribution in [0.3, 0.4) is 0 Å². The van der Waals surface area contributed by atoms with E-state index in [4.69, 9.17) is 4.74 Å². The minimum Gasteiger partial charge on any atom is -0.481 e. The number of nitrogens with one attached hydrogen (secondary N) is 1. The van der Waals surface area contributed by atoms with Crippen molar-refractivity contribution in [2.75, 3.05) is 29.9 Å². The molecule has 0 spiro atoms. The Kier molecular flexibility index (Phi) is 8.02. The molecule has 1 aliphatic heterocycles. The van der Waals surface area contributed by atoms with Gasteiger partial charge in [-0.2, -0.15) is 11.8 Å². The second kappa shape index (κ2) is 10.7. The number of hydrogen-bond donors (Lipinski definition) is 1. The van der Waals surface area contributed by atoms with Crippen LogP contribution in [-0.4, -0.2) is 47.4 Å². The van der Waals surface area contributed by atoms with Crippen molar-refractivity contribution < 1.29 is 14.3 Å². The molecule has 2 aromatic rings. The maximum absolute atomic E-state index is 12.5. The van der Waals surface area contributed by atoms with E-state index in [1.165, 1.54) is 5.56 Å². The number of benzene rings is 2. The Morgan fingerprint density at radius 1 is 1.06 bits per heavy atom. The van der Waals surface area contributed by atoms with Gasteiger partial charge in [-0.15, -0.1) is 0 Å². The molecule has 1 N–H and O–H groups in total. The minimum absolute atomic E-state index is 0.165. The second-order valence-corrected chi connectivity index (χ2v) is 9.51. The fraction of sp³-hybridized carbons (Fsp3) is 0.440. The van der Waals surface area contributed by atoms with Gasteiger partial charge in [0.2, 0.25) is 5.91 Å². The van der Waals surface area contributed by atoms with Crippen molar-refractivity contribution in [2.45, 2.75) is 46.1 Å². The van der Waals surface area contributed by atoms with Gasteiger partial charge in [0.05, 0.1) is 6.42 Å². The Morgan fingerprint density at radius 3 is 2.35 bits per heavy atom. The highest BCUT2D eigenvalue weighted by Gasteiger charge is 2.18. The molecular formula is C25H32N2O3S. The van der Waals surface area contributed by atoms with E-state index in [-0.39, 0.29) is 11.8 Å². The second-order valence-electron chi connectivity index (χ2n) is 8.29. The molecule has 3 rings (SSSR count). The van der Waals surface area contributed by atoms with Gasteiger partial charge in [-0.3, -0.25) is 9.59 Å². The normalized spacial score (nSPS) is 14.9. The lowest BCUT2D eigenvalue weighted by Gasteiger charge is -2.26. The van der Waals surface area contributed by atoms with Gasteiger partial charge in [-0.25, -0.2) is 0 Å². The molecule has 1 heterocycles. The van der Waals surface area contributed by atoms with Gasteiger partial charge in [0.25, 0.3) is 5.91 Å². The summed E-state index contributed by atoms with van der Waals surface area (Å²) < 4.78 is 5.84. The molecule has 1 atom stereocenters. The van der Waals surface area contributed by atoms with Crippen molar-refractivity contribution in [3.8, 4) is 5.75 Å². The van der Waals surface area contributed by atoms with Crippen LogP contribution in [0.4, 0.5) is 5.69 Å². The van der Waals surface area contributed by atoms with Crippen molar-refractivity contribution in [1.82, 2.24) is 4.90 Å². The molecule has 6 heteroatoms. The Morgan fingerprint density at radius 2 is 1.74 bits per heavy atom. The zero-order chi connectivity index (χ0) is 22.4. The van der Waals surface area contributed by atoms with Crippen molar-refractivity contribution in [3.05, 3.63) is 59.2 Å². The number of amides is 2. The number of ether oxygens (including phenoxy) is 1. The lowest BCUT2D eigenvalue weighted by molar-refractivity contribution is -0.130. The van der Waals surface area contributed by atoms with Crippen molar-refractivity contribution in [1.29, 1.82) is 0 Å². The summed E-state index contributed by atoms with van der Waals surface area (Å²) in [5, 5.41) is 2.89. The summed E-state index contributed by atoms with van der Waals surface area (Å²) in [4.78, 5) is 26.9. The Hall–Kier alpha value is -2.47. The fourth-order valence-electron chi connectivity index (χ4n) is 3.68. The quantitative estimate of drug-likeness (QED) is 0.681. The van der Waals surface area contributed by atoms with Crippen molar-refractivity contribution in [3.63, 3.8) is 0 Å². The predicted octanol–water partition coefficient (Wildman–Crippen LogP) is 4.64. The number of aryl methyl sites for hydroxylation is 1. The largest absolute Gasteiger partial charge is 0.481 e. The first-order chi connectivity index (χ1) is 14.8. The molecule has 1 unspecified atom stereocenters. The summed E-state index contributed by atoms with van der Waals surface area (Å²) in [6.45, 7) is 9.78. The van der Waals surface area contributed by atoms with Gasteiger partial charge in [0.1, 0.15) is 5.75 Å². The molecule has 1 saturated heterocycles. The Bertz CT molecular complexity index is 905. The molecule has 1 aliphatic rings. The lowest BCUT2D eigenvalue weighted by atomic mass is 9.98. The number of carbonyl (C=O) groups is 2. The third kappa shape index (κ3) is 6.50. The van der Waals surface area contributed by atoms with E-state index >= 15 is 0 Å². The average Bonchev–Trinajstić information content (AvgIpc) is 2.75. The van der Waals surface area contributed by atoms with E-state index in [1.807, 2.05) is 53.1 Å². The van der Waals surface area contributed by atoms with Crippen LogP contribution in [-0.2, 0) is 16.0 Å². The number of hydrogen-bond acceptors (Lipinski definition) is 4. The van der Waals surface area contributed by atoms with Crippen LogP contribution in [0, 0.1) is 6.92 Å². The van der Waals surface area contributed by atoms with E-state index in [9.17, 15) is 9.59 Å². The monoisotopic (exact) mass is 440 g/mol. The summed E-state index contributed by atoms with van der Waals surface area (Å²) in [5.41, 5.74) is 4.08. The average molecular weight is 441 g/mol. The highest BCUT2D eigenvalue weighted by Crippen LogP contribution is 2.24.